The van der Waals surface area contributed by atoms with E-state index in [1.807, 2.05) is 45.9 Å². The second kappa shape index (κ2) is 41.9. The number of carbonyl (C=O) groups excluding carboxylic acids is 4. The number of amides is 4. The summed E-state index contributed by atoms with van der Waals surface area (Å²) in [5.41, 5.74) is 15.6. The van der Waals surface area contributed by atoms with Crippen LogP contribution in [0.4, 0.5) is 62.1 Å². The van der Waals surface area contributed by atoms with Crippen LogP contribution >= 0.6 is 11.7 Å². The van der Waals surface area contributed by atoms with Crippen molar-refractivity contribution < 1.29 is 71.9 Å². The highest BCUT2D eigenvalue weighted by molar-refractivity contribution is 7.00. The van der Waals surface area contributed by atoms with Crippen molar-refractivity contribution in [2.75, 3.05) is 58.5 Å². The Hall–Kier alpha value is -15.6. The molecule has 0 saturated heterocycles. The van der Waals surface area contributed by atoms with Gasteiger partial charge in [0.1, 0.15) is 46.2 Å². The number of rotatable bonds is 20. The minimum absolute atomic E-state index is 0.0346. The molecule has 8 aromatic carbocycles. The van der Waals surface area contributed by atoms with Gasteiger partial charge in [-0.05, 0) is 248 Å². The summed E-state index contributed by atoms with van der Waals surface area (Å²) >= 11 is 1.01. The van der Waals surface area contributed by atoms with Gasteiger partial charge < -0.3 is 41.0 Å². The first-order valence-electron chi connectivity index (χ1n) is 42.6. The van der Waals surface area contributed by atoms with E-state index < -0.39 is 76.4 Å². The number of ether oxygens (including phenoxy) is 3. The molecular weight excluding hydrogens is 1750 g/mol. The van der Waals surface area contributed by atoms with Gasteiger partial charge in [-0.2, -0.15) is 27.5 Å². The Labute approximate surface area is 760 Å². The highest BCUT2D eigenvalue weighted by atomic mass is 32.1. The minimum atomic E-state index is -1.13. The van der Waals surface area contributed by atoms with Crippen LogP contribution in [0.3, 0.4) is 0 Å². The summed E-state index contributed by atoms with van der Waals surface area (Å²) < 4.78 is 59.1. The number of nitrogen functional groups attached to an aromatic ring is 2. The number of para-hydroxylation sites is 3. The van der Waals surface area contributed by atoms with Gasteiger partial charge in [0.05, 0.1) is 59.2 Å². The largest absolute Gasteiger partial charge is 0.494 e. The molecule has 5 aromatic heterocycles. The van der Waals surface area contributed by atoms with Gasteiger partial charge in [0.25, 0.3) is 0 Å². The molecular formula is C89H96F2N24O17S. The van der Waals surface area contributed by atoms with Gasteiger partial charge in [-0.25, -0.2) is 61.5 Å². The number of anilines is 6. The summed E-state index contributed by atoms with van der Waals surface area (Å²) in [7, 11) is 2.84. The van der Waals surface area contributed by atoms with Crippen molar-refractivity contribution in [3.63, 3.8) is 0 Å². The number of nitrogens with two attached hydrogens (primary N) is 2. The number of fused-ring (bicyclic) bond motifs is 1. The van der Waals surface area contributed by atoms with Crippen LogP contribution in [0.5, 0.6) is 11.5 Å². The Balaban J connectivity index is 0.000000151. The molecule has 7 N–H and O–H groups in total. The Morgan fingerprint density at radius 2 is 0.827 bits per heavy atom. The third kappa shape index (κ3) is 20.4. The third-order valence-corrected chi connectivity index (χ3v) is 23.5. The fourth-order valence-corrected chi connectivity index (χ4v) is 16.6. The smallest absolute Gasteiger partial charge is 0.377 e. The summed E-state index contributed by atoms with van der Waals surface area (Å²) in [4.78, 5) is 148. The molecule has 3 fully saturated rings. The molecule has 41 nitrogen and oxygen atoms in total. The zero-order chi connectivity index (χ0) is 95.3. The molecule has 13 aromatic rings. The van der Waals surface area contributed by atoms with E-state index >= 15 is 0 Å². The van der Waals surface area contributed by atoms with Gasteiger partial charge >= 0.3 is 64.8 Å². The van der Waals surface area contributed by atoms with Crippen LogP contribution in [0.1, 0.15) is 169 Å². The van der Waals surface area contributed by atoms with E-state index in [9.17, 15) is 76.8 Å². The van der Waals surface area contributed by atoms with Crippen molar-refractivity contribution in [2.24, 2.45) is 0 Å². The molecule has 133 heavy (non-hydrogen) atoms. The zero-order valence-electron chi connectivity index (χ0n) is 73.9. The average molecular weight is 1840 g/mol. The lowest BCUT2D eigenvalue weighted by atomic mass is 9.93. The number of aromatic carboxylic acids is 3. The van der Waals surface area contributed by atoms with Crippen molar-refractivity contribution in [2.45, 2.75) is 169 Å². The number of nitrogens with zero attached hydrogens (tertiary/aromatic N) is 22. The van der Waals surface area contributed by atoms with Gasteiger partial charge in [-0.15, -0.1) is 18.7 Å². The second-order valence-corrected chi connectivity index (χ2v) is 32.6. The maximum Gasteiger partial charge on any atom is 0.377 e. The van der Waals surface area contributed by atoms with Crippen molar-refractivity contribution in [1.29, 1.82) is 0 Å². The molecule has 0 atom stereocenters. The quantitative estimate of drug-likeness (QED) is 0.0269. The Kier molecular flexibility index (Phi) is 29.9. The van der Waals surface area contributed by atoms with Crippen LogP contribution in [0.25, 0.3) is 33.8 Å². The number of carboxylic acid groups (broad SMARTS) is 3. The standard InChI is InChI=1S/C25H28FN5O6.C22H21N7O4S.C22H25N7O4.C20H22FN5O3/c1-16-11-12-18(15-19(16)23(32)33)29(17-7-4-3-5-8-17)24(34)31-25(35)30(27-28-31)22-20(26)9-6-10-21(22)37-14-13-36-2;1-13-10-11-15(12-16(13)20(30)31)27(14-6-3-2-4-7-14)21(32)29-22(33)28(25-26-29)18-9-5-8-17-19(18)24-34-23-17;1-13-10-11-15(12-16(13)20(30)31)27(14-6-3-2-4-7-14)21(32)29-22(33)28(25-26-29)18-9-5-8-17(23)19(18)24;1-12(2)24(16-11-13(3)9-10-14(16)4)19(27)26-20(28)25(22-23-26)18-15(21)7-6-8-17(18)29-5/h6,9-12,15,17H,3-5,7-8,13-14H2,1-2H3,(H,32,33);5,8-12,14H,2-4,6-7H2,1H3,(H,30,31);5,8-12,14H,2-4,6-7,23-24H2,1H3,(H,30,31);6-12H,1-5H3. The Morgan fingerprint density at radius 3 is 1.26 bits per heavy atom. The van der Waals surface area contributed by atoms with E-state index in [-0.39, 0.29) is 94.0 Å². The highest BCUT2D eigenvalue weighted by Crippen LogP contribution is 2.36. The van der Waals surface area contributed by atoms with E-state index in [0.717, 1.165) is 122 Å². The summed E-state index contributed by atoms with van der Waals surface area (Å²) in [5, 5.41) is 59.1. The van der Waals surface area contributed by atoms with Gasteiger partial charge in [0.15, 0.2) is 11.6 Å². The van der Waals surface area contributed by atoms with E-state index in [1.165, 1.54) is 82.4 Å². The molecule has 4 amide bonds. The van der Waals surface area contributed by atoms with Crippen LogP contribution in [0.15, 0.2) is 165 Å². The predicted octanol–water partition coefficient (Wildman–Crippen LogP) is 12.1. The number of carboxylic acids is 3. The van der Waals surface area contributed by atoms with Gasteiger partial charge in [0.2, 0.25) is 0 Å². The summed E-state index contributed by atoms with van der Waals surface area (Å²) in [5.74, 6) is -4.67. The van der Waals surface area contributed by atoms with Gasteiger partial charge in [-0.1, -0.05) is 112 Å². The molecule has 3 saturated carbocycles. The number of hydrogen-bond donors (Lipinski definition) is 5. The molecule has 16 rings (SSSR count). The van der Waals surface area contributed by atoms with E-state index in [1.54, 1.807) is 93.6 Å². The van der Waals surface area contributed by atoms with Crippen molar-refractivity contribution in [3.05, 3.63) is 244 Å². The molecule has 0 unspecified atom stereocenters. The molecule has 5 heterocycles. The van der Waals surface area contributed by atoms with Crippen LogP contribution in [-0.2, 0) is 4.74 Å². The number of aryl methyl sites for hydroxylation is 5. The van der Waals surface area contributed by atoms with Gasteiger partial charge in [0, 0.05) is 54.0 Å². The van der Waals surface area contributed by atoms with E-state index in [2.05, 4.69) is 50.5 Å². The molecule has 0 radical (unpaired) electrons. The average Bonchev–Trinajstić information content (AvgIpc) is 1.70. The number of halogens is 2. The Bertz CT molecular complexity index is 6790. The first kappa shape index (κ1) is 95.0. The fourth-order valence-electron chi connectivity index (χ4n) is 16.1. The lowest BCUT2D eigenvalue weighted by Gasteiger charge is -2.33. The maximum atomic E-state index is 14.8. The summed E-state index contributed by atoms with van der Waals surface area (Å²) in [6.07, 6.45) is 12.9. The predicted molar refractivity (Wildman–Crippen MR) is 485 cm³/mol. The molecule has 3 aliphatic carbocycles. The number of tetrazole rings is 4. The molecule has 0 aliphatic heterocycles. The lowest BCUT2D eigenvalue weighted by molar-refractivity contribution is 0.0685. The number of aromatic nitrogens is 18. The summed E-state index contributed by atoms with van der Waals surface area (Å²) in [6, 6.07) is 34.2. The molecule has 3 aliphatic rings. The monoisotopic (exact) mass is 1840 g/mol. The fraction of sp³-hybridized carbons (Fsp3) is 0.337. The van der Waals surface area contributed by atoms with Crippen LogP contribution in [0, 0.1) is 46.3 Å². The Morgan fingerprint density at radius 1 is 0.444 bits per heavy atom. The van der Waals surface area contributed by atoms with Crippen LogP contribution in [0.2, 0.25) is 0 Å². The third-order valence-electron chi connectivity index (χ3n) is 22.9. The van der Waals surface area contributed by atoms with Crippen LogP contribution in [-0.4, -0.2) is 197 Å². The normalized spacial score (nSPS) is 13.5. The highest BCUT2D eigenvalue weighted by Gasteiger charge is 2.37. The van der Waals surface area contributed by atoms with Crippen LogP contribution < -0.4 is 63.3 Å². The SMILES string of the molecule is COCCOc1cccc(F)c1-n1nnn(C(=O)N(c2ccc(C)c(C(=O)O)c2)C2CCCCC2)c1=O.COc1cccc(F)c1-n1nnn(C(=O)N(c2cc(C)ccc2C)C(C)C)c1=O.Cc1ccc(N(C(=O)n2nnn(-c3cccc(N)c3N)c2=O)C2CCCCC2)cc1C(=O)O.Cc1ccc(N(C(=O)n2nnn(-c3cccc4nsnc34)c2=O)C2CCCCC2)cc1C(=O)O. The molecule has 44 heteroatoms. The topological polar surface area (TPSA) is 509 Å². The zero-order valence-corrected chi connectivity index (χ0v) is 74.7. The lowest BCUT2D eigenvalue weighted by Crippen LogP contribution is -2.47. The van der Waals surface area contributed by atoms with Gasteiger partial charge in [-0.3, -0.25) is 19.6 Å². The molecule has 694 valence electrons. The summed E-state index contributed by atoms with van der Waals surface area (Å²) in [6.45, 7) is 12.8. The van der Waals surface area contributed by atoms with Crippen molar-refractivity contribution in [3.8, 4) is 34.2 Å². The van der Waals surface area contributed by atoms with E-state index in [4.69, 9.17) is 25.7 Å². The minimum Gasteiger partial charge on any atom is -0.494 e. The first-order valence-corrected chi connectivity index (χ1v) is 43.3. The molecule has 0 bridgehead atoms. The number of methoxy groups -OCH3 is 2. The van der Waals surface area contributed by atoms with Crippen molar-refractivity contribution in [1.82, 2.24) is 87.9 Å². The number of carbonyl (C=O) groups is 7. The number of hydrogen-bond acceptors (Lipinski definition) is 27. The number of benzene rings is 8. The molecule has 0 spiro atoms. The van der Waals surface area contributed by atoms with Crippen molar-refractivity contribution >= 4 is 98.9 Å². The maximum absolute atomic E-state index is 14.8. The second-order valence-electron chi connectivity index (χ2n) is 32.0. The van der Waals surface area contributed by atoms with E-state index in [0.29, 0.717) is 97.1 Å². The first-order chi connectivity index (χ1) is 63.8.